The summed E-state index contributed by atoms with van der Waals surface area (Å²) in [5.41, 5.74) is 3.20. The van der Waals surface area contributed by atoms with Gasteiger partial charge in [0.2, 0.25) is 0 Å². The minimum absolute atomic E-state index is 0.0582. The van der Waals surface area contributed by atoms with Crippen molar-refractivity contribution in [3.05, 3.63) is 53.9 Å². The van der Waals surface area contributed by atoms with E-state index in [4.69, 9.17) is 0 Å². The van der Waals surface area contributed by atoms with Crippen molar-refractivity contribution >= 4 is 38.2 Å². The van der Waals surface area contributed by atoms with E-state index in [1.165, 1.54) is 6.26 Å². The minimum atomic E-state index is -3.28. The quantitative estimate of drug-likeness (QED) is 0.663. The molecule has 1 aromatic carbocycles. The van der Waals surface area contributed by atoms with E-state index in [1.54, 1.807) is 30.5 Å². The largest absolute Gasteiger partial charge is 0.354 e. The topological polar surface area (TPSA) is 92.3 Å². The number of hydrogen-bond acceptors (Lipinski definition) is 6. The number of amides is 1. The summed E-state index contributed by atoms with van der Waals surface area (Å²) in [5, 5.41) is 4.06. The van der Waals surface area contributed by atoms with Crippen molar-refractivity contribution in [2.75, 3.05) is 24.7 Å². The molecule has 4 rings (SSSR count). The highest BCUT2D eigenvalue weighted by atomic mass is 32.2. The summed E-state index contributed by atoms with van der Waals surface area (Å²) in [6, 6.07) is 10.3. The second kappa shape index (κ2) is 8.26. The number of piperidine rings is 1. The van der Waals surface area contributed by atoms with Gasteiger partial charge in [-0.05, 0) is 62.1 Å². The standard InChI is InChI=1S/C23H26N4O3S/c1-15-10-12-27(13-11-15)23(28)20-14-24-22-19(9-4-16(2)25-22)21(20)26-17-5-7-18(8-6-17)31(3,29)30/h4-9,14-15H,10-13H2,1-3H3,(H,24,25,26). The second-order valence-electron chi connectivity index (χ2n) is 8.27. The Morgan fingerprint density at radius 2 is 1.77 bits per heavy atom. The summed E-state index contributed by atoms with van der Waals surface area (Å²) in [6.45, 7) is 5.56. The number of benzene rings is 1. The Kier molecular flexibility index (Phi) is 5.66. The Morgan fingerprint density at radius 1 is 1.10 bits per heavy atom. The number of pyridine rings is 2. The number of likely N-dealkylation sites (tertiary alicyclic amines) is 1. The molecular formula is C23H26N4O3S. The number of sulfone groups is 1. The van der Waals surface area contributed by atoms with Crippen LogP contribution in [0, 0.1) is 12.8 Å². The van der Waals surface area contributed by atoms with Crippen LogP contribution in [0.25, 0.3) is 11.0 Å². The molecule has 1 fully saturated rings. The third-order valence-corrected chi connectivity index (χ3v) is 6.85. The Hall–Kier alpha value is -3.00. The third kappa shape index (κ3) is 4.54. The molecule has 31 heavy (non-hydrogen) atoms. The Labute approximate surface area is 182 Å². The molecule has 7 nitrogen and oxygen atoms in total. The van der Waals surface area contributed by atoms with Crippen LogP contribution in [0.1, 0.15) is 35.8 Å². The second-order valence-corrected chi connectivity index (χ2v) is 10.3. The number of hydrogen-bond donors (Lipinski definition) is 1. The molecule has 0 atom stereocenters. The first kappa shape index (κ1) is 21.2. The molecule has 0 radical (unpaired) electrons. The Morgan fingerprint density at radius 3 is 2.42 bits per heavy atom. The molecule has 2 aromatic heterocycles. The zero-order chi connectivity index (χ0) is 22.2. The monoisotopic (exact) mass is 438 g/mol. The van der Waals surface area contributed by atoms with E-state index in [9.17, 15) is 13.2 Å². The van der Waals surface area contributed by atoms with Gasteiger partial charge in [0, 0.05) is 42.3 Å². The highest BCUT2D eigenvalue weighted by Crippen LogP contribution is 2.31. The van der Waals surface area contributed by atoms with Crippen molar-refractivity contribution in [2.24, 2.45) is 5.92 Å². The lowest BCUT2D eigenvalue weighted by Crippen LogP contribution is -2.38. The Balaban J connectivity index is 1.75. The van der Waals surface area contributed by atoms with E-state index in [2.05, 4.69) is 22.2 Å². The van der Waals surface area contributed by atoms with Gasteiger partial charge in [-0.25, -0.2) is 18.4 Å². The zero-order valence-electron chi connectivity index (χ0n) is 17.9. The summed E-state index contributed by atoms with van der Waals surface area (Å²) >= 11 is 0. The predicted octanol–water partition coefficient (Wildman–Crippen LogP) is 3.96. The first-order valence-electron chi connectivity index (χ1n) is 10.3. The van der Waals surface area contributed by atoms with Gasteiger partial charge in [-0.3, -0.25) is 4.79 Å². The third-order valence-electron chi connectivity index (χ3n) is 5.72. The lowest BCUT2D eigenvalue weighted by atomic mass is 9.98. The number of nitrogens with zero attached hydrogens (tertiary/aromatic N) is 3. The van der Waals surface area contributed by atoms with Crippen molar-refractivity contribution in [1.29, 1.82) is 0 Å². The van der Waals surface area contributed by atoms with Crippen LogP contribution in [0.5, 0.6) is 0 Å². The van der Waals surface area contributed by atoms with Gasteiger partial charge >= 0.3 is 0 Å². The summed E-state index contributed by atoms with van der Waals surface area (Å²) in [5.74, 6) is 0.564. The van der Waals surface area contributed by atoms with Crippen molar-refractivity contribution in [2.45, 2.75) is 31.6 Å². The van der Waals surface area contributed by atoms with Gasteiger partial charge in [0.1, 0.15) is 0 Å². The van der Waals surface area contributed by atoms with E-state index < -0.39 is 9.84 Å². The molecule has 0 bridgehead atoms. The fourth-order valence-electron chi connectivity index (χ4n) is 3.78. The highest BCUT2D eigenvalue weighted by Gasteiger charge is 2.25. The van der Waals surface area contributed by atoms with Crippen molar-refractivity contribution < 1.29 is 13.2 Å². The van der Waals surface area contributed by atoms with Crippen molar-refractivity contribution in [3.63, 3.8) is 0 Å². The normalized spacial score (nSPS) is 15.3. The smallest absolute Gasteiger partial charge is 0.257 e. The van der Waals surface area contributed by atoms with Crippen LogP contribution >= 0.6 is 0 Å². The average molecular weight is 439 g/mol. The number of aryl methyl sites for hydroxylation is 1. The molecule has 3 heterocycles. The molecule has 0 saturated carbocycles. The molecule has 1 N–H and O–H groups in total. The van der Waals surface area contributed by atoms with Gasteiger partial charge in [0.15, 0.2) is 15.5 Å². The van der Waals surface area contributed by atoms with Gasteiger partial charge < -0.3 is 10.2 Å². The number of rotatable bonds is 4. The molecule has 3 aromatic rings. The molecule has 0 unspecified atom stereocenters. The minimum Gasteiger partial charge on any atom is -0.354 e. The van der Waals surface area contributed by atoms with Crippen LogP contribution in [0.15, 0.2) is 47.5 Å². The summed E-state index contributed by atoms with van der Waals surface area (Å²) in [4.78, 5) is 24.4. The lowest BCUT2D eigenvalue weighted by molar-refractivity contribution is 0.0698. The molecule has 8 heteroatoms. The van der Waals surface area contributed by atoms with Crippen LogP contribution in [0.4, 0.5) is 11.4 Å². The van der Waals surface area contributed by atoms with Crippen molar-refractivity contribution in [1.82, 2.24) is 14.9 Å². The summed E-state index contributed by atoms with van der Waals surface area (Å²) in [6.07, 6.45) is 4.74. The Bertz CT molecular complexity index is 1230. The number of carbonyl (C=O) groups is 1. The highest BCUT2D eigenvalue weighted by molar-refractivity contribution is 7.90. The molecule has 0 aliphatic carbocycles. The number of fused-ring (bicyclic) bond motifs is 1. The SMILES string of the molecule is Cc1ccc2c(Nc3ccc(S(C)(=O)=O)cc3)c(C(=O)N3CCC(C)CC3)cnc2n1. The van der Waals surface area contributed by atoms with Gasteiger partial charge in [0.25, 0.3) is 5.91 Å². The summed E-state index contributed by atoms with van der Waals surface area (Å²) < 4.78 is 23.5. The van der Waals surface area contributed by atoms with Gasteiger partial charge in [-0.2, -0.15) is 0 Å². The van der Waals surface area contributed by atoms with E-state index in [0.717, 1.165) is 37.0 Å². The maximum absolute atomic E-state index is 13.4. The lowest BCUT2D eigenvalue weighted by Gasteiger charge is -2.31. The first-order valence-corrected chi connectivity index (χ1v) is 12.2. The van der Waals surface area contributed by atoms with E-state index >= 15 is 0 Å². The molecule has 1 aliphatic heterocycles. The van der Waals surface area contributed by atoms with E-state index in [1.807, 2.05) is 24.0 Å². The predicted molar refractivity (Wildman–Crippen MR) is 121 cm³/mol. The number of anilines is 2. The van der Waals surface area contributed by atoms with Gasteiger partial charge in [-0.1, -0.05) is 6.92 Å². The van der Waals surface area contributed by atoms with Crippen molar-refractivity contribution in [3.8, 4) is 0 Å². The zero-order valence-corrected chi connectivity index (χ0v) is 18.7. The van der Waals surface area contributed by atoms with E-state index in [-0.39, 0.29) is 10.8 Å². The van der Waals surface area contributed by atoms with Gasteiger partial charge in [-0.15, -0.1) is 0 Å². The number of carbonyl (C=O) groups excluding carboxylic acids is 1. The van der Waals surface area contributed by atoms with Gasteiger partial charge in [0.05, 0.1) is 16.1 Å². The maximum Gasteiger partial charge on any atom is 0.257 e. The molecular weight excluding hydrogens is 412 g/mol. The first-order chi connectivity index (χ1) is 14.7. The summed E-state index contributed by atoms with van der Waals surface area (Å²) in [7, 11) is -3.28. The van der Waals surface area contributed by atoms with Crippen LogP contribution < -0.4 is 5.32 Å². The van der Waals surface area contributed by atoms with E-state index in [0.29, 0.717) is 28.5 Å². The van der Waals surface area contributed by atoms with Crippen LogP contribution in [-0.4, -0.2) is 48.5 Å². The molecule has 1 aliphatic rings. The van der Waals surface area contributed by atoms with Crippen LogP contribution in [0.2, 0.25) is 0 Å². The molecule has 1 amide bonds. The maximum atomic E-state index is 13.4. The van der Waals surface area contributed by atoms with Crippen LogP contribution in [-0.2, 0) is 9.84 Å². The molecule has 0 spiro atoms. The van der Waals surface area contributed by atoms with Crippen LogP contribution in [0.3, 0.4) is 0 Å². The average Bonchev–Trinajstić information content (AvgIpc) is 2.73. The fraction of sp³-hybridized carbons (Fsp3) is 0.348. The molecule has 162 valence electrons. The fourth-order valence-corrected chi connectivity index (χ4v) is 4.41. The number of nitrogens with one attached hydrogen (secondary N) is 1. The number of aromatic nitrogens is 2. The molecule has 1 saturated heterocycles.